The molecule has 2 bridgehead atoms. The van der Waals surface area contributed by atoms with Crippen LogP contribution in [0.25, 0.3) is 0 Å². The minimum atomic E-state index is -4.36. The van der Waals surface area contributed by atoms with Gasteiger partial charge in [0, 0.05) is 23.0 Å². The van der Waals surface area contributed by atoms with Crippen molar-refractivity contribution in [1.82, 2.24) is 10.3 Å². The number of fused-ring (bicyclic) bond motifs is 2. The minimum Gasteiger partial charge on any atom is -0.375 e. The van der Waals surface area contributed by atoms with E-state index in [-0.39, 0.29) is 18.1 Å². The Kier molecular flexibility index (Phi) is 3.77. The van der Waals surface area contributed by atoms with Crippen LogP contribution in [0.15, 0.2) is 6.20 Å². The first-order chi connectivity index (χ1) is 9.49. The molecule has 4 atom stereocenters. The molecular formula is C13H17F3N2OS. The van der Waals surface area contributed by atoms with Crippen LogP contribution < -0.4 is 5.32 Å². The second kappa shape index (κ2) is 5.27. The van der Waals surface area contributed by atoms with E-state index in [1.807, 2.05) is 6.92 Å². The van der Waals surface area contributed by atoms with Crippen molar-refractivity contribution in [3.05, 3.63) is 16.1 Å². The Balaban J connectivity index is 1.82. The van der Waals surface area contributed by atoms with Gasteiger partial charge in [-0.15, -0.1) is 11.3 Å². The molecule has 3 heterocycles. The molecule has 0 saturated carbocycles. The lowest BCUT2D eigenvalue weighted by atomic mass is 9.83. The SMILES string of the molecule is CCNC(c1cnc(C(F)(F)F)s1)C1CC2CCC1O2. The van der Waals surface area contributed by atoms with Gasteiger partial charge in [0.1, 0.15) is 0 Å². The Morgan fingerprint density at radius 1 is 1.50 bits per heavy atom. The molecule has 1 N–H and O–H groups in total. The van der Waals surface area contributed by atoms with Crippen LogP contribution in [0, 0.1) is 5.92 Å². The molecule has 3 nitrogen and oxygen atoms in total. The van der Waals surface area contributed by atoms with Gasteiger partial charge >= 0.3 is 6.18 Å². The van der Waals surface area contributed by atoms with E-state index in [0.717, 1.165) is 37.1 Å². The molecule has 2 fully saturated rings. The molecule has 4 unspecified atom stereocenters. The number of nitrogens with one attached hydrogen (secondary N) is 1. The van der Waals surface area contributed by atoms with Gasteiger partial charge in [0.15, 0.2) is 5.01 Å². The maximum Gasteiger partial charge on any atom is 0.443 e. The highest BCUT2D eigenvalue weighted by Gasteiger charge is 2.45. The van der Waals surface area contributed by atoms with Gasteiger partial charge in [-0.3, -0.25) is 0 Å². The van der Waals surface area contributed by atoms with Crippen molar-refractivity contribution in [2.24, 2.45) is 5.92 Å². The lowest BCUT2D eigenvalue weighted by Crippen LogP contribution is -2.33. The molecule has 1 aromatic heterocycles. The van der Waals surface area contributed by atoms with Crippen LogP contribution in [0.1, 0.15) is 42.1 Å². The lowest BCUT2D eigenvalue weighted by molar-refractivity contribution is -0.137. The predicted octanol–water partition coefficient (Wildman–Crippen LogP) is 3.38. The molecule has 0 amide bonds. The molecule has 0 spiro atoms. The normalized spacial score (nSPS) is 30.9. The van der Waals surface area contributed by atoms with E-state index in [1.54, 1.807) is 0 Å². The highest BCUT2D eigenvalue weighted by atomic mass is 32.1. The van der Waals surface area contributed by atoms with Gasteiger partial charge < -0.3 is 10.1 Å². The Morgan fingerprint density at radius 2 is 2.30 bits per heavy atom. The Bertz CT molecular complexity index is 476. The summed E-state index contributed by atoms with van der Waals surface area (Å²) in [4.78, 5) is 4.20. The summed E-state index contributed by atoms with van der Waals surface area (Å²) in [6, 6.07) is -0.0797. The Labute approximate surface area is 119 Å². The Hall–Kier alpha value is -0.660. The number of hydrogen-bond acceptors (Lipinski definition) is 4. The van der Waals surface area contributed by atoms with E-state index in [2.05, 4.69) is 10.3 Å². The molecule has 3 rings (SSSR count). The quantitative estimate of drug-likeness (QED) is 0.926. The third kappa shape index (κ3) is 2.58. The standard InChI is InChI=1S/C13H17F3N2OS/c1-2-17-11(8-5-7-3-4-9(8)19-7)10-6-18-12(20-10)13(14,15)16/h6-9,11,17H,2-5H2,1H3. The zero-order valence-electron chi connectivity index (χ0n) is 11.1. The first-order valence-electron chi connectivity index (χ1n) is 6.90. The third-order valence-electron chi connectivity index (χ3n) is 4.08. The summed E-state index contributed by atoms with van der Waals surface area (Å²) in [7, 11) is 0. The Morgan fingerprint density at radius 3 is 2.80 bits per heavy atom. The van der Waals surface area contributed by atoms with E-state index in [0.29, 0.717) is 11.0 Å². The fourth-order valence-corrected chi connectivity index (χ4v) is 4.21. The van der Waals surface area contributed by atoms with Crippen molar-refractivity contribution < 1.29 is 17.9 Å². The van der Waals surface area contributed by atoms with Gasteiger partial charge in [-0.2, -0.15) is 13.2 Å². The van der Waals surface area contributed by atoms with Crippen molar-refractivity contribution in [2.75, 3.05) is 6.54 Å². The third-order valence-corrected chi connectivity index (χ3v) is 5.20. The summed E-state index contributed by atoms with van der Waals surface area (Å²) in [5, 5.41) is 2.55. The monoisotopic (exact) mass is 306 g/mol. The number of nitrogens with zero attached hydrogens (tertiary/aromatic N) is 1. The number of aromatic nitrogens is 1. The summed E-state index contributed by atoms with van der Waals surface area (Å²) in [5.74, 6) is 0.259. The van der Waals surface area contributed by atoms with Crippen LogP contribution in [0.3, 0.4) is 0 Å². The van der Waals surface area contributed by atoms with E-state index in [9.17, 15) is 13.2 Å². The molecule has 2 aliphatic rings. The molecular weight excluding hydrogens is 289 g/mol. The molecule has 7 heteroatoms. The summed E-state index contributed by atoms with van der Waals surface area (Å²) < 4.78 is 43.9. The molecule has 2 saturated heterocycles. The molecule has 1 aromatic rings. The zero-order valence-corrected chi connectivity index (χ0v) is 11.9. The highest BCUT2D eigenvalue weighted by Crippen LogP contribution is 2.46. The fourth-order valence-electron chi connectivity index (χ4n) is 3.27. The molecule has 112 valence electrons. The zero-order chi connectivity index (χ0) is 14.3. The molecule has 0 aliphatic carbocycles. The van der Waals surface area contributed by atoms with Crippen molar-refractivity contribution in [2.45, 2.75) is 50.6 Å². The highest BCUT2D eigenvalue weighted by molar-refractivity contribution is 7.11. The smallest absolute Gasteiger partial charge is 0.375 e. The van der Waals surface area contributed by atoms with E-state index in [4.69, 9.17) is 4.74 Å². The summed E-state index contributed by atoms with van der Waals surface area (Å²) >= 11 is 0.748. The molecule has 2 aliphatic heterocycles. The second-order valence-electron chi connectivity index (χ2n) is 5.37. The minimum absolute atomic E-state index is 0.0797. The first kappa shape index (κ1) is 14.3. The average Bonchev–Trinajstić information content (AvgIpc) is 3.09. The van der Waals surface area contributed by atoms with Gasteiger partial charge in [0.25, 0.3) is 0 Å². The van der Waals surface area contributed by atoms with Crippen LogP contribution in [0.2, 0.25) is 0 Å². The topological polar surface area (TPSA) is 34.2 Å². The number of hydrogen-bond donors (Lipinski definition) is 1. The first-order valence-corrected chi connectivity index (χ1v) is 7.72. The number of halogens is 3. The van der Waals surface area contributed by atoms with Gasteiger partial charge in [0.05, 0.1) is 12.2 Å². The maximum absolute atomic E-state index is 12.7. The van der Waals surface area contributed by atoms with Crippen molar-refractivity contribution in [3.8, 4) is 0 Å². The fraction of sp³-hybridized carbons (Fsp3) is 0.769. The van der Waals surface area contributed by atoms with Gasteiger partial charge in [0.2, 0.25) is 0 Å². The lowest BCUT2D eigenvalue weighted by Gasteiger charge is -2.28. The molecule has 20 heavy (non-hydrogen) atoms. The number of alkyl halides is 3. The largest absolute Gasteiger partial charge is 0.443 e. The van der Waals surface area contributed by atoms with E-state index >= 15 is 0 Å². The molecule has 0 aromatic carbocycles. The van der Waals surface area contributed by atoms with Gasteiger partial charge in [-0.25, -0.2) is 4.98 Å². The average molecular weight is 306 g/mol. The summed E-state index contributed by atoms with van der Waals surface area (Å²) in [6.07, 6.45) is 0.513. The number of ether oxygens (including phenoxy) is 1. The summed E-state index contributed by atoms with van der Waals surface area (Å²) in [5.41, 5.74) is 0. The predicted molar refractivity (Wildman–Crippen MR) is 69.5 cm³/mol. The van der Waals surface area contributed by atoms with Gasteiger partial charge in [-0.05, 0) is 25.8 Å². The number of thiazole rings is 1. The van der Waals surface area contributed by atoms with Crippen LogP contribution >= 0.6 is 11.3 Å². The van der Waals surface area contributed by atoms with Crippen molar-refractivity contribution in [1.29, 1.82) is 0 Å². The van der Waals surface area contributed by atoms with Gasteiger partial charge in [-0.1, -0.05) is 6.92 Å². The second-order valence-corrected chi connectivity index (χ2v) is 6.44. The van der Waals surface area contributed by atoms with Crippen LogP contribution in [-0.4, -0.2) is 23.7 Å². The number of rotatable bonds is 4. The molecule has 0 radical (unpaired) electrons. The van der Waals surface area contributed by atoms with E-state index in [1.165, 1.54) is 6.20 Å². The van der Waals surface area contributed by atoms with Crippen molar-refractivity contribution >= 4 is 11.3 Å². The van der Waals surface area contributed by atoms with Crippen LogP contribution in [0.5, 0.6) is 0 Å². The summed E-state index contributed by atoms with van der Waals surface area (Å²) in [6.45, 7) is 2.69. The maximum atomic E-state index is 12.7. The van der Waals surface area contributed by atoms with Crippen molar-refractivity contribution in [3.63, 3.8) is 0 Å². The van der Waals surface area contributed by atoms with Crippen LogP contribution in [0.4, 0.5) is 13.2 Å². The van der Waals surface area contributed by atoms with Crippen LogP contribution in [-0.2, 0) is 10.9 Å². The van der Waals surface area contributed by atoms with E-state index < -0.39 is 11.2 Å².